The Bertz CT molecular complexity index is 503. The van der Waals surface area contributed by atoms with Crippen molar-refractivity contribution in [3.05, 3.63) is 0 Å². The third kappa shape index (κ3) is 7.51. The normalized spacial score (nSPS) is 19.1. The third-order valence-corrected chi connectivity index (χ3v) is 3.89. The van der Waals surface area contributed by atoms with Crippen LogP contribution in [-0.2, 0) is 19.2 Å². The maximum absolute atomic E-state index is 12.2. The fourth-order valence-corrected chi connectivity index (χ4v) is 2.52. The van der Waals surface area contributed by atoms with Crippen molar-refractivity contribution in [2.24, 2.45) is 5.92 Å². The molecule has 3 amide bonds. The number of aliphatic carboxylic acids is 1. The molecule has 5 N–H and O–H groups in total. The van der Waals surface area contributed by atoms with Crippen LogP contribution in [-0.4, -0.2) is 60.0 Å². The van der Waals surface area contributed by atoms with Crippen molar-refractivity contribution in [2.45, 2.75) is 58.2 Å². The van der Waals surface area contributed by atoms with Gasteiger partial charge in [0.25, 0.3) is 0 Å². The SMILES string of the molecule is CC(C)CC(NC(=O)CNC(=O)C1CCCN1)C(=O)NC(C)C(=O)O. The molecular formula is C16H28N4O5. The fraction of sp³-hybridized carbons (Fsp3) is 0.750. The van der Waals surface area contributed by atoms with Crippen LogP contribution in [0.4, 0.5) is 0 Å². The van der Waals surface area contributed by atoms with E-state index in [0.29, 0.717) is 6.42 Å². The Hall–Kier alpha value is -2.16. The van der Waals surface area contributed by atoms with Gasteiger partial charge in [-0.3, -0.25) is 19.2 Å². The van der Waals surface area contributed by atoms with E-state index >= 15 is 0 Å². The van der Waals surface area contributed by atoms with Crippen molar-refractivity contribution in [1.82, 2.24) is 21.3 Å². The fourth-order valence-electron chi connectivity index (χ4n) is 2.52. The summed E-state index contributed by atoms with van der Waals surface area (Å²) in [5, 5.41) is 19.4. The van der Waals surface area contributed by atoms with Gasteiger partial charge in [0.15, 0.2) is 0 Å². The number of carboxylic acid groups (broad SMARTS) is 1. The summed E-state index contributed by atoms with van der Waals surface area (Å²) in [6.45, 7) is 5.68. The van der Waals surface area contributed by atoms with Crippen molar-refractivity contribution in [3.63, 3.8) is 0 Å². The minimum absolute atomic E-state index is 0.119. The first kappa shape index (κ1) is 20.9. The van der Waals surface area contributed by atoms with Crippen molar-refractivity contribution in [2.75, 3.05) is 13.1 Å². The number of carbonyl (C=O) groups excluding carboxylic acids is 3. The second-order valence-electron chi connectivity index (χ2n) is 6.68. The lowest BCUT2D eigenvalue weighted by molar-refractivity contribution is -0.141. The molecule has 1 aliphatic heterocycles. The largest absolute Gasteiger partial charge is 0.480 e. The highest BCUT2D eigenvalue weighted by Gasteiger charge is 2.26. The minimum atomic E-state index is -1.15. The van der Waals surface area contributed by atoms with E-state index in [9.17, 15) is 19.2 Å². The number of rotatable bonds is 9. The van der Waals surface area contributed by atoms with E-state index < -0.39 is 29.9 Å². The molecule has 1 fully saturated rings. The molecule has 0 saturated carbocycles. The van der Waals surface area contributed by atoms with E-state index in [0.717, 1.165) is 19.4 Å². The highest BCUT2D eigenvalue weighted by molar-refractivity contribution is 5.92. The molecule has 0 spiro atoms. The molecule has 25 heavy (non-hydrogen) atoms. The van der Waals surface area contributed by atoms with Crippen LogP contribution in [0, 0.1) is 5.92 Å². The first-order valence-corrected chi connectivity index (χ1v) is 8.54. The van der Waals surface area contributed by atoms with Gasteiger partial charge >= 0.3 is 5.97 Å². The van der Waals surface area contributed by atoms with E-state index in [1.165, 1.54) is 6.92 Å². The molecule has 3 atom stereocenters. The van der Waals surface area contributed by atoms with Gasteiger partial charge in [0.05, 0.1) is 12.6 Å². The molecule has 1 saturated heterocycles. The monoisotopic (exact) mass is 356 g/mol. The highest BCUT2D eigenvalue weighted by atomic mass is 16.4. The number of carbonyl (C=O) groups is 4. The summed E-state index contributed by atoms with van der Waals surface area (Å²) in [4.78, 5) is 46.9. The first-order chi connectivity index (χ1) is 11.7. The molecule has 142 valence electrons. The van der Waals surface area contributed by atoms with E-state index in [-0.39, 0.29) is 24.4 Å². The topological polar surface area (TPSA) is 137 Å². The average Bonchev–Trinajstić information content (AvgIpc) is 3.05. The van der Waals surface area contributed by atoms with Gasteiger partial charge < -0.3 is 26.4 Å². The molecule has 3 unspecified atom stereocenters. The molecule has 1 rings (SSSR count). The molecule has 9 heteroatoms. The van der Waals surface area contributed by atoms with E-state index in [1.807, 2.05) is 13.8 Å². The summed E-state index contributed by atoms with van der Waals surface area (Å²) in [6, 6.07) is -2.18. The lowest BCUT2D eigenvalue weighted by Crippen LogP contribution is -2.53. The molecule has 9 nitrogen and oxygen atoms in total. The van der Waals surface area contributed by atoms with Crippen molar-refractivity contribution in [1.29, 1.82) is 0 Å². The number of hydrogen-bond acceptors (Lipinski definition) is 5. The molecule has 0 aromatic rings. The Morgan fingerprint density at radius 1 is 1.16 bits per heavy atom. The summed E-state index contributed by atoms with van der Waals surface area (Å²) in [5.41, 5.74) is 0. The van der Waals surface area contributed by atoms with Crippen LogP contribution in [0.3, 0.4) is 0 Å². The van der Waals surface area contributed by atoms with Gasteiger partial charge in [0.2, 0.25) is 17.7 Å². The second-order valence-corrected chi connectivity index (χ2v) is 6.68. The second kappa shape index (κ2) is 9.97. The minimum Gasteiger partial charge on any atom is -0.480 e. The lowest BCUT2D eigenvalue weighted by Gasteiger charge is -2.21. The standard InChI is InChI=1S/C16H28N4O5/c1-9(2)7-12(15(23)19-10(3)16(24)25)20-13(21)8-18-14(22)11-5-4-6-17-11/h9-12,17H,4-8H2,1-3H3,(H,18,22)(H,19,23)(H,20,21)(H,24,25). The predicted octanol–water partition coefficient (Wildman–Crippen LogP) is -1.03. The van der Waals surface area contributed by atoms with Gasteiger partial charge in [-0.05, 0) is 38.6 Å². The molecule has 0 aromatic heterocycles. The van der Waals surface area contributed by atoms with Gasteiger partial charge in [-0.2, -0.15) is 0 Å². The molecule has 1 heterocycles. The lowest BCUT2D eigenvalue weighted by atomic mass is 10.0. The molecule has 0 aromatic carbocycles. The zero-order valence-electron chi connectivity index (χ0n) is 14.9. The Kier molecular flexibility index (Phi) is 8.33. The Morgan fingerprint density at radius 3 is 2.36 bits per heavy atom. The number of carboxylic acids is 1. The van der Waals surface area contributed by atoms with Gasteiger partial charge in [0, 0.05) is 0 Å². The first-order valence-electron chi connectivity index (χ1n) is 8.54. The Morgan fingerprint density at radius 2 is 1.84 bits per heavy atom. The van der Waals surface area contributed by atoms with Crippen molar-refractivity contribution >= 4 is 23.7 Å². The van der Waals surface area contributed by atoms with Gasteiger partial charge in [-0.15, -0.1) is 0 Å². The molecule has 0 bridgehead atoms. The zero-order valence-corrected chi connectivity index (χ0v) is 14.9. The van der Waals surface area contributed by atoms with Crippen LogP contribution in [0.15, 0.2) is 0 Å². The zero-order chi connectivity index (χ0) is 19.0. The number of hydrogen-bond donors (Lipinski definition) is 5. The van der Waals surface area contributed by atoms with Crippen molar-refractivity contribution in [3.8, 4) is 0 Å². The third-order valence-electron chi connectivity index (χ3n) is 3.89. The maximum atomic E-state index is 12.2. The van der Waals surface area contributed by atoms with Crippen LogP contribution < -0.4 is 21.3 Å². The van der Waals surface area contributed by atoms with E-state index in [2.05, 4.69) is 21.3 Å². The molecule has 1 aliphatic rings. The van der Waals surface area contributed by atoms with E-state index in [1.54, 1.807) is 0 Å². The van der Waals surface area contributed by atoms with E-state index in [4.69, 9.17) is 5.11 Å². The summed E-state index contributed by atoms with van der Waals surface area (Å²) in [7, 11) is 0. The van der Waals surface area contributed by atoms with Gasteiger partial charge in [0.1, 0.15) is 12.1 Å². The molecule has 0 radical (unpaired) electrons. The van der Waals surface area contributed by atoms with Crippen LogP contribution in [0.5, 0.6) is 0 Å². The summed E-state index contributed by atoms with van der Waals surface area (Å²) in [5.74, 6) is -2.32. The maximum Gasteiger partial charge on any atom is 0.325 e. The van der Waals surface area contributed by atoms with Crippen molar-refractivity contribution < 1.29 is 24.3 Å². The Labute approximate surface area is 147 Å². The van der Waals surface area contributed by atoms with Gasteiger partial charge in [-0.1, -0.05) is 13.8 Å². The van der Waals surface area contributed by atoms with Gasteiger partial charge in [-0.25, -0.2) is 0 Å². The van der Waals surface area contributed by atoms with Crippen LogP contribution in [0.2, 0.25) is 0 Å². The average molecular weight is 356 g/mol. The number of nitrogens with one attached hydrogen (secondary N) is 4. The highest BCUT2D eigenvalue weighted by Crippen LogP contribution is 2.06. The Balaban J connectivity index is 2.52. The van der Waals surface area contributed by atoms with Crippen LogP contribution >= 0.6 is 0 Å². The summed E-state index contributed by atoms with van der Waals surface area (Å²) < 4.78 is 0. The molecular weight excluding hydrogens is 328 g/mol. The smallest absolute Gasteiger partial charge is 0.325 e. The van der Waals surface area contributed by atoms with Crippen LogP contribution in [0.1, 0.15) is 40.0 Å². The summed E-state index contributed by atoms with van der Waals surface area (Å²) in [6.07, 6.45) is 2.02. The summed E-state index contributed by atoms with van der Waals surface area (Å²) >= 11 is 0. The van der Waals surface area contributed by atoms with Crippen LogP contribution in [0.25, 0.3) is 0 Å². The predicted molar refractivity (Wildman–Crippen MR) is 90.7 cm³/mol. The quantitative estimate of drug-likeness (QED) is 0.358. The molecule has 0 aliphatic carbocycles. The number of amides is 3.